The van der Waals surface area contributed by atoms with Gasteiger partial charge in [0.25, 0.3) is 5.91 Å². The smallest absolute Gasteiger partial charge is 0.321 e. The van der Waals surface area contributed by atoms with Gasteiger partial charge in [-0.2, -0.15) is 0 Å². The molecule has 0 heterocycles. The first-order valence-corrected chi connectivity index (χ1v) is 9.56. The summed E-state index contributed by atoms with van der Waals surface area (Å²) in [4.78, 5) is 26.2. The third kappa shape index (κ3) is 5.47. The Morgan fingerprint density at radius 3 is 2.30 bits per heavy atom. The number of rotatable bonds is 5. The van der Waals surface area contributed by atoms with Gasteiger partial charge in [0.1, 0.15) is 0 Å². The van der Waals surface area contributed by atoms with Crippen LogP contribution >= 0.6 is 11.6 Å². The van der Waals surface area contributed by atoms with Crippen LogP contribution in [0.1, 0.15) is 41.6 Å². The lowest BCUT2D eigenvalue weighted by Crippen LogP contribution is -2.32. The molecule has 27 heavy (non-hydrogen) atoms. The Balaban J connectivity index is 1.52. The van der Waals surface area contributed by atoms with Crippen LogP contribution in [-0.2, 0) is 6.54 Å². The van der Waals surface area contributed by atoms with Gasteiger partial charge in [-0.1, -0.05) is 36.6 Å². The molecule has 1 fully saturated rings. The van der Waals surface area contributed by atoms with E-state index in [1.807, 2.05) is 12.1 Å². The molecule has 0 atom stereocenters. The monoisotopic (exact) mass is 385 g/mol. The molecule has 3 amide bonds. The average Bonchev–Trinajstić information content (AvgIpc) is 3.17. The third-order valence-corrected chi connectivity index (χ3v) is 5.02. The second kappa shape index (κ2) is 8.91. The highest BCUT2D eigenvalue weighted by Gasteiger charge is 2.18. The van der Waals surface area contributed by atoms with Crippen LogP contribution < -0.4 is 10.6 Å². The van der Waals surface area contributed by atoms with Crippen LogP contribution in [0.15, 0.2) is 48.5 Å². The highest BCUT2D eigenvalue weighted by atomic mass is 35.5. The van der Waals surface area contributed by atoms with Crippen molar-refractivity contribution in [1.82, 2.24) is 10.2 Å². The van der Waals surface area contributed by atoms with E-state index < -0.39 is 0 Å². The van der Waals surface area contributed by atoms with Crippen LogP contribution in [0.5, 0.6) is 0 Å². The van der Waals surface area contributed by atoms with Crippen LogP contribution in [0, 0.1) is 0 Å². The normalized spacial score (nSPS) is 14.0. The van der Waals surface area contributed by atoms with Crippen LogP contribution in [0.25, 0.3) is 0 Å². The molecule has 1 aliphatic carbocycles. The minimum Gasteiger partial charge on any atom is -0.349 e. The highest BCUT2D eigenvalue weighted by molar-refractivity contribution is 6.30. The van der Waals surface area contributed by atoms with E-state index in [0.717, 1.165) is 18.4 Å². The summed E-state index contributed by atoms with van der Waals surface area (Å²) in [5.74, 6) is -0.0559. The summed E-state index contributed by atoms with van der Waals surface area (Å²) in [5.41, 5.74) is 2.26. The van der Waals surface area contributed by atoms with E-state index in [9.17, 15) is 9.59 Å². The molecule has 2 aromatic carbocycles. The van der Waals surface area contributed by atoms with Gasteiger partial charge in [0.2, 0.25) is 0 Å². The Kier molecular flexibility index (Phi) is 6.35. The number of carbonyl (C=O) groups excluding carboxylic acids is 2. The summed E-state index contributed by atoms with van der Waals surface area (Å²) < 4.78 is 0. The molecule has 0 aliphatic heterocycles. The summed E-state index contributed by atoms with van der Waals surface area (Å²) >= 11 is 5.88. The van der Waals surface area contributed by atoms with Crippen LogP contribution in [-0.4, -0.2) is 29.9 Å². The predicted molar refractivity (Wildman–Crippen MR) is 108 cm³/mol. The molecule has 6 heteroatoms. The Morgan fingerprint density at radius 2 is 1.67 bits per heavy atom. The van der Waals surface area contributed by atoms with Gasteiger partial charge in [-0.15, -0.1) is 0 Å². The Bertz CT molecular complexity index is 784. The maximum atomic E-state index is 12.3. The summed E-state index contributed by atoms with van der Waals surface area (Å²) in [6.07, 6.45) is 4.47. The van der Waals surface area contributed by atoms with Gasteiger partial charge in [0, 0.05) is 35.9 Å². The fraction of sp³-hybridized carbons (Fsp3) is 0.333. The van der Waals surface area contributed by atoms with E-state index in [4.69, 9.17) is 11.6 Å². The van der Waals surface area contributed by atoms with Crippen molar-refractivity contribution in [3.63, 3.8) is 0 Å². The molecule has 1 aliphatic rings. The lowest BCUT2D eigenvalue weighted by atomic mass is 10.1. The first kappa shape index (κ1) is 19.2. The number of nitrogens with zero attached hydrogens (tertiary/aromatic N) is 1. The van der Waals surface area contributed by atoms with Crippen LogP contribution in [0.3, 0.4) is 0 Å². The number of hydrogen-bond donors (Lipinski definition) is 2. The molecular formula is C21H24ClN3O2. The molecule has 0 spiro atoms. The molecule has 2 N–H and O–H groups in total. The van der Waals surface area contributed by atoms with Gasteiger partial charge in [-0.25, -0.2) is 4.79 Å². The number of halogens is 1. The minimum absolute atomic E-state index is 0.0559. The Morgan fingerprint density at radius 1 is 1.04 bits per heavy atom. The SMILES string of the molecule is CN(Cc1ccc(Cl)cc1)C(=O)Nc1ccc(C(=O)NC2CCCC2)cc1. The molecule has 0 aromatic heterocycles. The molecule has 0 saturated heterocycles. The van der Waals surface area contributed by atoms with Crippen molar-refractivity contribution in [2.75, 3.05) is 12.4 Å². The standard InChI is InChI=1S/C21H24ClN3O2/c1-25(14-15-6-10-17(22)11-7-15)21(27)24-19-12-8-16(9-13-19)20(26)23-18-4-2-3-5-18/h6-13,18H,2-5,14H2,1H3,(H,23,26)(H,24,27). The zero-order valence-electron chi connectivity index (χ0n) is 15.4. The molecule has 2 aromatic rings. The number of urea groups is 1. The van der Waals surface area contributed by atoms with E-state index in [0.29, 0.717) is 28.9 Å². The number of amides is 3. The highest BCUT2D eigenvalue weighted by Crippen LogP contribution is 2.19. The lowest BCUT2D eigenvalue weighted by Gasteiger charge is -2.18. The van der Waals surface area contributed by atoms with Crippen molar-refractivity contribution < 1.29 is 9.59 Å². The maximum absolute atomic E-state index is 12.3. The number of anilines is 1. The second-order valence-corrected chi connectivity index (χ2v) is 7.38. The van der Waals surface area contributed by atoms with Gasteiger partial charge in [-0.3, -0.25) is 4.79 Å². The predicted octanol–water partition coefficient (Wildman–Crippen LogP) is 4.68. The molecule has 3 rings (SSSR count). The van der Waals surface area contributed by atoms with Crippen molar-refractivity contribution in [1.29, 1.82) is 0 Å². The third-order valence-electron chi connectivity index (χ3n) is 4.77. The molecule has 0 radical (unpaired) electrons. The number of hydrogen-bond acceptors (Lipinski definition) is 2. The topological polar surface area (TPSA) is 61.4 Å². The van der Waals surface area contributed by atoms with Crippen LogP contribution in [0.4, 0.5) is 10.5 Å². The lowest BCUT2D eigenvalue weighted by molar-refractivity contribution is 0.0938. The number of benzene rings is 2. The van der Waals surface area contributed by atoms with E-state index in [-0.39, 0.29) is 11.9 Å². The first-order valence-electron chi connectivity index (χ1n) is 9.19. The first-order chi connectivity index (χ1) is 13.0. The summed E-state index contributed by atoms with van der Waals surface area (Å²) in [5, 5.41) is 6.57. The molecular weight excluding hydrogens is 362 g/mol. The minimum atomic E-state index is -0.215. The van der Waals surface area contributed by atoms with Crippen molar-refractivity contribution >= 4 is 29.2 Å². The van der Waals surface area contributed by atoms with E-state index in [1.54, 1.807) is 48.3 Å². The van der Waals surface area contributed by atoms with Gasteiger partial charge in [0.15, 0.2) is 0 Å². The summed E-state index contributed by atoms with van der Waals surface area (Å²) in [7, 11) is 1.73. The van der Waals surface area contributed by atoms with E-state index >= 15 is 0 Å². The zero-order chi connectivity index (χ0) is 19.2. The van der Waals surface area contributed by atoms with Gasteiger partial charge < -0.3 is 15.5 Å². The Hall–Kier alpha value is -2.53. The quantitative estimate of drug-likeness (QED) is 0.785. The van der Waals surface area contributed by atoms with Crippen molar-refractivity contribution in [3.05, 3.63) is 64.7 Å². The Labute approximate surface area is 164 Å². The fourth-order valence-electron chi connectivity index (χ4n) is 3.20. The van der Waals surface area contributed by atoms with E-state index in [1.165, 1.54) is 12.8 Å². The molecule has 0 bridgehead atoms. The number of nitrogens with one attached hydrogen (secondary N) is 2. The molecule has 1 saturated carbocycles. The van der Waals surface area contributed by atoms with Gasteiger partial charge in [0.05, 0.1) is 0 Å². The summed E-state index contributed by atoms with van der Waals surface area (Å²) in [6.45, 7) is 0.477. The van der Waals surface area contributed by atoms with Crippen LogP contribution in [0.2, 0.25) is 5.02 Å². The van der Waals surface area contributed by atoms with E-state index in [2.05, 4.69) is 10.6 Å². The van der Waals surface area contributed by atoms with Gasteiger partial charge >= 0.3 is 6.03 Å². The largest absolute Gasteiger partial charge is 0.349 e. The molecule has 142 valence electrons. The molecule has 5 nitrogen and oxygen atoms in total. The second-order valence-electron chi connectivity index (χ2n) is 6.94. The fourth-order valence-corrected chi connectivity index (χ4v) is 3.32. The van der Waals surface area contributed by atoms with Crippen molar-refractivity contribution in [2.24, 2.45) is 0 Å². The average molecular weight is 386 g/mol. The van der Waals surface area contributed by atoms with Crippen molar-refractivity contribution in [2.45, 2.75) is 38.3 Å². The zero-order valence-corrected chi connectivity index (χ0v) is 16.1. The number of carbonyl (C=O) groups is 2. The molecule has 0 unspecified atom stereocenters. The summed E-state index contributed by atoms with van der Waals surface area (Å²) in [6, 6.07) is 14.4. The maximum Gasteiger partial charge on any atom is 0.321 e. The van der Waals surface area contributed by atoms with Gasteiger partial charge in [-0.05, 0) is 54.8 Å². The van der Waals surface area contributed by atoms with Crippen molar-refractivity contribution in [3.8, 4) is 0 Å².